The third-order valence-electron chi connectivity index (χ3n) is 3.97. The first-order chi connectivity index (χ1) is 12.7. The largest absolute Gasteiger partial charge is 0.493 e. The molecule has 2 amide bonds. The van der Waals surface area contributed by atoms with Crippen molar-refractivity contribution in [2.75, 3.05) is 31.8 Å². The van der Waals surface area contributed by atoms with Gasteiger partial charge in [0, 0.05) is 11.6 Å². The highest BCUT2D eigenvalue weighted by Gasteiger charge is 2.28. The third-order valence-corrected chi connectivity index (χ3v) is 5.74. The minimum Gasteiger partial charge on any atom is -0.493 e. The van der Waals surface area contributed by atoms with E-state index in [1.807, 2.05) is 0 Å². The van der Waals surface area contributed by atoms with Crippen LogP contribution in [0.25, 0.3) is 0 Å². The number of nitrogens with one attached hydrogen (secondary N) is 2. The smallest absolute Gasteiger partial charge is 0.258 e. The van der Waals surface area contributed by atoms with Crippen LogP contribution in [0.5, 0.6) is 11.5 Å². The van der Waals surface area contributed by atoms with Gasteiger partial charge in [0.15, 0.2) is 33.7 Å². The Bertz CT molecular complexity index is 836. The minimum atomic E-state index is -3.08. The monoisotopic (exact) mass is 398 g/mol. The second kappa shape index (κ2) is 8.85. The maximum Gasteiger partial charge on any atom is 0.258 e. The molecule has 0 bridgehead atoms. The first kappa shape index (κ1) is 20.7. The van der Waals surface area contributed by atoms with Gasteiger partial charge >= 0.3 is 0 Å². The maximum atomic E-state index is 11.8. The predicted octanol–water partition coefficient (Wildman–Crippen LogP) is -0.304. The quantitative estimate of drug-likeness (QED) is 0.575. The number of Topliss-reactive ketones (excluding diaryl/α,β-unsaturated/α-hetero) is 1. The van der Waals surface area contributed by atoms with Gasteiger partial charge in [-0.05, 0) is 31.5 Å². The summed E-state index contributed by atoms with van der Waals surface area (Å²) < 4.78 is 33.2. The SMILES string of the molecule is COc1cc(C(C)=O)ccc1OCC(=O)NCC(=O)NC1CCS(=O)(=O)C1. The van der Waals surface area contributed by atoms with E-state index in [0.717, 1.165) is 0 Å². The van der Waals surface area contributed by atoms with Gasteiger partial charge in [-0.15, -0.1) is 0 Å². The van der Waals surface area contributed by atoms with Gasteiger partial charge in [-0.3, -0.25) is 14.4 Å². The summed E-state index contributed by atoms with van der Waals surface area (Å²) in [6.07, 6.45) is 0.376. The number of methoxy groups -OCH3 is 1. The van der Waals surface area contributed by atoms with Crippen molar-refractivity contribution < 1.29 is 32.3 Å². The molecule has 1 heterocycles. The van der Waals surface area contributed by atoms with Gasteiger partial charge < -0.3 is 20.1 Å². The van der Waals surface area contributed by atoms with Crippen molar-refractivity contribution in [2.45, 2.75) is 19.4 Å². The molecule has 1 aromatic rings. The molecular formula is C17H22N2O7S. The molecule has 148 valence electrons. The number of hydrogen-bond donors (Lipinski definition) is 2. The number of ether oxygens (including phenoxy) is 2. The van der Waals surface area contributed by atoms with E-state index < -0.39 is 27.7 Å². The molecule has 1 atom stereocenters. The van der Waals surface area contributed by atoms with Gasteiger partial charge in [0.1, 0.15) is 0 Å². The van der Waals surface area contributed by atoms with E-state index in [0.29, 0.717) is 23.5 Å². The molecule has 0 saturated carbocycles. The van der Waals surface area contributed by atoms with Crippen LogP contribution in [0.3, 0.4) is 0 Å². The molecule has 1 fully saturated rings. The summed E-state index contributed by atoms with van der Waals surface area (Å²) in [5.41, 5.74) is 0.453. The maximum absolute atomic E-state index is 11.8. The number of sulfone groups is 1. The Morgan fingerprint density at radius 3 is 2.52 bits per heavy atom. The molecule has 0 spiro atoms. The van der Waals surface area contributed by atoms with Crippen molar-refractivity contribution in [1.82, 2.24) is 10.6 Å². The Morgan fingerprint density at radius 1 is 1.19 bits per heavy atom. The van der Waals surface area contributed by atoms with E-state index in [4.69, 9.17) is 9.47 Å². The van der Waals surface area contributed by atoms with Gasteiger partial charge in [0.05, 0.1) is 25.2 Å². The number of benzene rings is 1. The van der Waals surface area contributed by atoms with Crippen LogP contribution >= 0.6 is 0 Å². The van der Waals surface area contributed by atoms with E-state index in [9.17, 15) is 22.8 Å². The first-order valence-corrected chi connectivity index (χ1v) is 10.1. The summed E-state index contributed by atoms with van der Waals surface area (Å²) in [4.78, 5) is 35.0. The molecule has 1 unspecified atom stereocenters. The van der Waals surface area contributed by atoms with Gasteiger partial charge in [0.2, 0.25) is 5.91 Å². The van der Waals surface area contributed by atoms with E-state index in [-0.39, 0.29) is 30.4 Å². The van der Waals surface area contributed by atoms with Gasteiger partial charge in [-0.25, -0.2) is 8.42 Å². The summed E-state index contributed by atoms with van der Waals surface area (Å²) in [6.45, 7) is 0.800. The molecule has 1 aliphatic heterocycles. The number of carbonyl (C=O) groups is 3. The summed E-state index contributed by atoms with van der Waals surface area (Å²) in [6, 6.07) is 4.18. The van der Waals surface area contributed by atoms with Gasteiger partial charge in [-0.1, -0.05) is 0 Å². The van der Waals surface area contributed by atoms with Crippen LogP contribution < -0.4 is 20.1 Å². The zero-order valence-corrected chi connectivity index (χ0v) is 15.9. The molecule has 0 aromatic heterocycles. The van der Waals surface area contributed by atoms with Crippen molar-refractivity contribution in [1.29, 1.82) is 0 Å². The second-order valence-electron chi connectivity index (χ2n) is 6.15. The van der Waals surface area contributed by atoms with Crippen LogP contribution in [0.15, 0.2) is 18.2 Å². The van der Waals surface area contributed by atoms with E-state index >= 15 is 0 Å². The Morgan fingerprint density at radius 2 is 1.93 bits per heavy atom. The van der Waals surface area contributed by atoms with E-state index in [1.165, 1.54) is 26.2 Å². The highest BCUT2D eigenvalue weighted by Crippen LogP contribution is 2.28. The number of carbonyl (C=O) groups excluding carboxylic acids is 3. The standard InChI is InChI=1S/C17H22N2O7S/c1-11(20)12-3-4-14(15(7-12)25-2)26-9-17(22)18-8-16(21)19-13-5-6-27(23,24)10-13/h3-4,7,13H,5-6,8-10H2,1-2H3,(H,18,22)(H,19,21). The molecule has 0 radical (unpaired) electrons. The number of amides is 2. The Balaban J connectivity index is 1.78. The minimum absolute atomic E-state index is 0.0579. The van der Waals surface area contributed by atoms with E-state index in [1.54, 1.807) is 6.07 Å². The van der Waals surface area contributed by atoms with Crippen molar-refractivity contribution in [3.05, 3.63) is 23.8 Å². The molecule has 1 saturated heterocycles. The van der Waals surface area contributed by atoms with Crippen LogP contribution in [0, 0.1) is 0 Å². The number of rotatable bonds is 8. The fourth-order valence-corrected chi connectivity index (χ4v) is 4.24. The fraction of sp³-hybridized carbons (Fsp3) is 0.471. The molecule has 2 N–H and O–H groups in total. The molecule has 1 aromatic carbocycles. The van der Waals surface area contributed by atoms with Gasteiger partial charge in [-0.2, -0.15) is 0 Å². The summed E-state index contributed by atoms with van der Waals surface area (Å²) >= 11 is 0. The summed E-state index contributed by atoms with van der Waals surface area (Å²) in [5.74, 6) is -0.530. The average molecular weight is 398 g/mol. The van der Waals surface area contributed by atoms with Crippen LogP contribution in [0.1, 0.15) is 23.7 Å². The zero-order valence-electron chi connectivity index (χ0n) is 15.1. The molecule has 1 aliphatic rings. The topological polar surface area (TPSA) is 128 Å². The molecule has 10 heteroatoms. The lowest BCUT2D eigenvalue weighted by Gasteiger charge is -2.13. The summed E-state index contributed by atoms with van der Waals surface area (Å²) in [5, 5.41) is 4.97. The van der Waals surface area contributed by atoms with Crippen LogP contribution in [-0.4, -0.2) is 63.8 Å². The highest BCUT2D eigenvalue weighted by molar-refractivity contribution is 7.91. The predicted molar refractivity (Wildman–Crippen MR) is 96.7 cm³/mol. The van der Waals surface area contributed by atoms with Crippen LogP contribution in [0.2, 0.25) is 0 Å². The lowest BCUT2D eigenvalue weighted by molar-refractivity contribution is -0.127. The molecule has 0 aliphatic carbocycles. The third kappa shape index (κ3) is 6.24. The average Bonchev–Trinajstić information content (AvgIpc) is 2.96. The van der Waals surface area contributed by atoms with E-state index in [2.05, 4.69) is 10.6 Å². The fourth-order valence-electron chi connectivity index (χ4n) is 2.57. The van der Waals surface area contributed by atoms with Crippen molar-refractivity contribution in [2.24, 2.45) is 0 Å². The molecule has 27 heavy (non-hydrogen) atoms. The Hall–Kier alpha value is -2.62. The number of hydrogen-bond acceptors (Lipinski definition) is 7. The van der Waals surface area contributed by atoms with Crippen molar-refractivity contribution >= 4 is 27.4 Å². The van der Waals surface area contributed by atoms with Crippen molar-refractivity contribution in [3.8, 4) is 11.5 Å². The molecular weight excluding hydrogens is 376 g/mol. The normalized spacial score (nSPS) is 17.8. The lowest BCUT2D eigenvalue weighted by atomic mass is 10.1. The molecule has 9 nitrogen and oxygen atoms in total. The van der Waals surface area contributed by atoms with Crippen molar-refractivity contribution in [3.63, 3.8) is 0 Å². The van der Waals surface area contributed by atoms with Crippen LogP contribution in [-0.2, 0) is 19.4 Å². The number of ketones is 1. The zero-order chi connectivity index (χ0) is 20.0. The lowest BCUT2D eigenvalue weighted by Crippen LogP contribution is -2.43. The Kier molecular flexibility index (Phi) is 6.78. The van der Waals surface area contributed by atoms with Gasteiger partial charge in [0.25, 0.3) is 5.91 Å². The second-order valence-corrected chi connectivity index (χ2v) is 8.38. The molecule has 2 rings (SSSR count). The summed E-state index contributed by atoms with van der Waals surface area (Å²) in [7, 11) is -1.67. The Labute approximate surface area is 157 Å². The highest BCUT2D eigenvalue weighted by atomic mass is 32.2. The first-order valence-electron chi connectivity index (χ1n) is 8.28. The van der Waals surface area contributed by atoms with Crippen LogP contribution in [0.4, 0.5) is 0 Å².